The first-order chi connectivity index (χ1) is 16.7. The second-order valence-electron chi connectivity index (χ2n) is 7.06. The number of carbonyl (C=O) groups is 2. The molecule has 14 heteroatoms. The third kappa shape index (κ3) is 7.21. The molecule has 0 heterocycles. The minimum absolute atomic E-state index is 0.419. The SMILES string of the molecule is O=C(OCC(F)(F)C(F)F)c1ccc(/C(F)=C(/F)c2ccc(C(=O)OCC(F)(F)C(F)F)cc2)cc1. The van der Waals surface area contributed by atoms with Gasteiger partial charge in [-0.3, -0.25) is 0 Å². The Hall–Kier alpha value is -3.58. The molecule has 2 aromatic carbocycles. The fraction of sp³-hybridized carbons (Fsp3) is 0.273. The van der Waals surface area contributed by atoms with Crippen LogP contribution in [-0.2, 0) is 9.47 Å². The molecular formula is C22H14F10O4. The monoisotopic (exact) mass is 532 g/mol. The Bertz CT molecular complexity index is 1010. The molecular weight excluding hydrogens is 518 g/mol. The predicted octanol–water partition coefficient (Wildman–Crippen LogP) is 6.57. The van der Waals surface area contributed by atoms with Crippen molar-refractivity contribution in [2.75, 3.05) is 13.2 Å². The van der Waals surface area contributed by atoms with E-state index in [4.69, 9.17) is 0 Å². The molecule has 0 saturated heterocycles. The molecule has 0 amide bonds. The Labute approximate surface area is 196 Å². The summed E-state index contributed by atoms with van der Waals surface area (Å²) < 4.78 is 137. The van der Waals surface area contributed by atoms with Gasteiger partial charge in [-0.2, -0.15) is 17.6 Å². The Morgan fingerprint density at radius 2 is 0.833 bits per heavy atom. The van der Waals surface area contributed by atoms with Crippen molar-refractivity contribution >= 4 is 23.6 Å². The van der Waals surface area contributed by atoms with Crippen LogP contribution in [0.15, 0.2) is 48.5 Å². The van der Waals surface area contributed by atoms with E-state index in [9.17, 15) is 53.5 Å². The summed E-state index contributed by atoms with van der Waals surface area (Å²) in [6, 6.07) is 6.91. The van der Waals surface area contributed by atoms with Crippen molar-refractivity contribution in [1.29, 1.82) is 0 Å². The molecule has 0 spiro atoms. The first-order valence-electron chi connectivity index (χ1n) is 9.58. The fourth-order valence-electron chi connectivity index (χ4n) is 2.37. The molecule has 2 rings (SSSR count). The van der Waals surface area contributed by atoms with Gasteiger partial charge in [0.25, 0.3) is 0 Å². The number of benzene rings is 2. The van der Waals surface area contributed by atoms with Crippen LogP contribution in [0.2, 0.25) is 0 Å². The number of alkyl halides is 8. The van der Waals surface area contributed by atoms with E-state index in [1.165, 1.54) is 0 Å². The molecule has 0 aromatic heterocycles. The number of carbonyl (C=O) groups excluding carboxylic acids is 2. The third-order valence-corrected chi connectivity index (χ3v) is 4.37. The highest BCUT2D eigenvalue weighted by Crippen LogP contribution is 2.30. The third-order valence-electron chi connectivity index (χ3n) is 4.37. The van der Waals surface area contributed by atoms with E-state index in [2.05, 4.69) is 9.47 Å². The van der Waals surface area contributed by atoms with Gasteiger partial charge in [0.15, 0.2) is 24.9 Å². The summed E-state index contributed by atoms with van der Waals surface area (Å²) in [6.45, 7) is -3.79. The van der Waals surface area contributed by atoms with Gasteiger partial charge < -0.3 is 9.47 Å². The van der Waals surface area contributed by atoms with Gasteiger partial charge in [-0.05, 0) is 24.3 Å². The first-order valence-corrected chi connectivity index (χ1v) is 9.58. The predicted molar refractivity (Wildman–Crippen MR) is 104 cm³/mol. The zero-order valence-corrected chi connectivity index (χ0v) is 17.6. The number of ether oxygens (including phenoxy) is 2. The second kappa shape index (κ2) is 11.4. The lowest BCUT2D eigenvalue weighted by molar-refractivity contribution is -0.155. The van der Waals surface area contributed by atoms with E-state index in [1.54, 1.807) is 0 Å². The van der Waals surface area contributed by atoms with Gasteiger partial charge in [-0.25, -0.2) is 35.9 Å². The summed E-state index contributed by atoms with van der Waals surface area (Å²) in [7, 11) is 0. The van der Waals surface area contributed by atoms with Crippen molar-refractivity contribution in [1.82, 2.24) is 0 Å². The van der Waals surface area contributed by atoms with Gasteiger partial charge in [-0.15, -0.1) is 0 Å². The van der Waals surface area contributed by atoms with Crippen LogP contribution < -0.4 is 0 Å². The Balaban J connectivity index is 2.08. The Morgan fingerprint density at radius 1 is 0.583 bits per heavy atom. The maximum absolute atomic E-state index is 14.5. The highest BCUT2D eigenvalue weighted by molar-refractivity contribution is 5.92. The van der Waals surface area contributed by atoms with Gasteiger partial charge in [-0.1, -0.05) is 24.3 Å². The molecule has 36 heavy (non-hydrogen) atoms. The summed E-state index contributed by atoms with van der Waals surface area (Å²) in [4.78, 5) is 23.4. The van der Waals surface area contributed by atoms with Gasteiger partial charge in [0.05, 0.1) is 11.1 Å². The lowest BCUT2D eigenvalue weighted by Gasteiger charge is -2.15. The molecule has 0 atom stereocenters. The lowest BCUT2D eigenvalue weighted by atomic mass is 10.1. The molecule has 0 unspecified atom stereocenters. The number of halogens is 10. The molecule has 0 aliphatic carbocycles. The molecule has 0 saturated carbocycles. The van der Waals surface area contributed by atoms with Gasteiger partial charge in [0, 0.05) is 11.1 Å². The molecule has 0 bridgehead atoms. The zero-order chi connectivity index (χ0) is 27.3. The highest BCUT2D eigenvalue weighted by Gasteiger charge is 2.43. The fourth-order valence-corrected chi connectivity index (χ4v) is 2.37. The quantitative estimate of drug-likeness (QED) is 0.198. The van der Waals surface area contributed by atoms with Crippen LogP contribution in [0.5, 0.6) is 0 Å². The number of hydrogen-bond acceptors (Lipinski definition) is 4. The maximum Gasteiger partial charge on any atom is 0.340 e. The molecule has 4 nitrogen and oxygen atoms in total. The number of hydrogen-bond donors (Lipinski definition) is 0. The molecule has 0 N–H and O–H groups in total. The van der Waals surface area contributed by atoms with E-state index in [0.717, 1.165) is 48.5 Å². The molecule has 0 fully saturated rings. The van der Waals surface area contributed by atoms with Crippen molar-refractivity contribution in [2.45, 2.75) is 24.7 Å². The minimum Gasteiger partial charge on any atom is -0.455 e. The number of rotatable bonds is 10. The molecule has 2 aromatic rings. The standard InChI is InChI=1S/C22H14F10O4/c23-15(11-1-5-13(6-2-11)17(33)35-9-21(29,30)19(25)26)16(24)12-3-7-14(8-4-12)18(34)36-10-22(31,32)20(27)28/h1-8,19-20H,9-10H2/b16-15-. The lowest BCUT2D eigenvalue weighted by Crippen LogP contribution is -2.33. The van der Waals surface area contributed by atoms with E-state index >= 15 is 0 Å². The average Bonchev–Trinajstić information content (AvgIpc) is 2.85. The normalized spacial score (nSPS) is 13.0. The summed E-state index contributed by atoms with van der Waals surface area (Å²) in [5, 5.41) is 0. The average molecular weight is 532 g/mol. The van der Waals surface area contributed by atoms with Crippen LogP contribution in [0.4, 0.5) is 43.9 Å². The minimum atomic E-state index is -4.57. The van der Waals surface area contributed by atoms with Crippen LogP contribution in [0.3, 0.4) is 0 Å². The van der Waals surface area contributed by atoms with Gasteiger partial charge in [0.2, 0.25) is 0 Å². The Morgan fingerprint density at radius 3 is 1.08 bits per heavy atom. The largest absolute Gasteiger partial charge is 0.455 e. The number of esters is 2. The van der Waals surface area contributed by atoms with Crippen LogP contribution in [0.1, 0.15) is 31.8 Å². The van der Waals surface area contributed by atoms with E-state index in [-0.39, 0.29) is 0 Å². The molecule has 196 valence electrons. The molecule has 0 aliphatic rings. The Kier molecular flexibility index (Phi) is 9.10. The smallest absolute Gasteiger partial charge is 0.340 e. The highest BCUT2D eigenvalue weighted by atomic mass is 19.3. The van der Waals surface area contributed by atoms with Crippen LogP contribution in [-0.4, -0.2) is 49.8 Å². The molecule has 0 radical (unpaired) electrons. The van der Waals surface area contributed by atoms with Crippen LogP contribution in [0, 0.1) is 0 Å². The van der Waals surface area contributed by atoms with Crippen molar-refractivity contribution in [3.05, 3.63) is 70.8 Å². The molecule has 0 aliphatic heterocycles. The van der Waals surface area contributed by atoms with Gasteiger partial charge >= 0.3 is 36.6 Å². The van der Waals surface area contributed by atoms with Crippen LogP contribution in [0.25, 0.3) is 11.7 Å². The summed E-state index contributed by atoms with van der Waals surface area (Å²) >= 11 is 0. The van der Waals surface area contributed by atoms with Crippen molar-refractivity contribution in [2.24, 2.45) is 0 Å². The van der Waals surface area contributed by atoms with E-state index < -0.39 is 83.8 Å². The summed E-state index contributed by atoms with van der Waals surface area (Å²) in [5.74, 6) is -14.9. The van der Waals surface area contributed by atoms with Gasteiger partial charge in [0.1, 0.15) is 0 Å². The van der Waals surface area contributed by atoms with Crippen molar-refractivity contribution in [3.63, 3.8) is 0 Å². The van der Waals surface area contributed by atoms with Crippen molar-refractivity contribution < 1.29 is 63.0 Å². The zero-order valence-electron chi connectivity index (χ0n) is 17.6. The summed E-state index contributed by atoms with van der Waals surface area (Å²) in [5.41, 5.74) is -1.70. The van der Waals surface area contributed by atoms with Crippen molar-refractivity contribution in [3.8, 4) is 0 Å². The van der Waals surface area contributed by atoms with E-state index in [1.807, 2.05) is 0 Å². The maximum atomic E-state index is 14.5. The first kappa shape index (κ1) is 28.7. The van der Waals surface area contributed by atoms with E-state index in [0.29, 0.717) is 0 Å². The summed E-state index contributed by atoms with van der Waals surface area (Å²) in [6.07, 6.45) is -8.13. The second-order valence-corrected chi connectivity index (χ2v) is 7.06. The van der Waals surface area contributed by atoms with Crippen LogP contribution >= 0.6 is 0 Å². The topological polar surface area (TPSA) is 52.6 Å².